The quantitative estimate of drug-likeness (QED) is 0.0570. The number of pyridine rings is 2. The zero-order valence-electron chi connectivity index (χ0n) is 47.4. The number of sulfonamides is 2. The number of ether oxygens (including phenoxy) is 4. The summed E-state index contributed by atoms with van der Waals surface area (Å²) in [6, 6.07) is 28.7. The van der Waals surface area contributed by atoms with Crippen LogP contribution in [0, 0.1) is 0 Å². The average molecular weight is 1130 g/mol. The predicted molar refractivity (Wildman–Crippen MR) is 314 cm³/mol. The van der Waals surface area contributed by atoms with Crippen molar-refractivity contribution in [2.75, 3.05) is 60.9 Å². The minimum Gasteiger partial charge on any atom is -0.492 e. The Morgan fingerprint density at radius 1 is 0.588 bits per heavy atom. The van der Waals surface area contributed by atoms with E-state index < -0.39 is 26.0 Å². The molecule has 0 fully saturated rings. The van der Waals surface area contributed by atoms with E-state index in [0.29, 0.717) is 63.5 Å². The molecule has 5 N–H and O–H groups in total. The van der Waals surface area contributed by atoms with Gasteiger partial charge in [0, 0.05) is 55.9 Å². The van der Waals surface area contributed by atoms with Crippen LogP contribution in [0.15, 0.2) is 109 Å². The molecule has 0 atom stereocenters. The molecule has 4 aromatic carbocycles. The number of fused-ring (bicyclic) bond motifs is 2. The van der Waals surface area contributed by atoms with Crippen LogP contribution in [0.4, 0.5) is 22.7 Å². The SMILES string of the molecule is COc1c(NC(=O)c2cc3cccc(Oc4ccnc(CN(C)C)c4)c3n2C)cc(C(C)(C)C)cc1NS(C)(=O)=O.COc1c(NC(=O)c2cc3cccc(Oc4ccnc(CO)c4)c3n2C)cc(C(C)(C)C)cc1NS(C)(=O)=O. The third-order valence-corrected chi connectivity index (χ3v) is 13.8. The molecule has 0 aliphatic heterocycles. The van der Waals surface area contributed by atoms with E-state index in [1.807, 2.05) is 96.9 Å². The van der Waals surface area contributed by atoms with Gasteiger partial charge in [0.15, 0.2) is 23.0 Å². The normalized spacial score (nSPS) is 11.9. The van der Waals surface area contributed by atoms with Crippen molar-refractivity contribution < 1.29 is 50.5 Å². The van der Waals surface area contributed by atoms with E-state index in [1.165, 1.54) is 14.2 Å². The Bertz CT molecular complexity index is 3860. The van der Waals surface area contributed by atoms with Crippen molar-refractivity contribution in [1.82, 2.24) is 24.0 Å². The zero-order valence-corrected chi connectivity index (χ0v) is 49.0. The van der Waals surface area contributed by atoms with Crippen LogP contribution in [-0.2, 0) is 58.1 Å². The van der Waals surface area contributed by atoms with Gasteiger partial charge in [-0.3, -0.25) is 29.0 Å². The zero-order chi connectivity index (χ0) is 58.6. The van der Waals surface area contributed by atoms with Crippen LogP contribution in [0.1, 0.15) is 85.0 Å². The first kappa shape index (κ1) is 59.5. The largest absolute Gasteiger partial charge is 0.492 e. The van der Waals surface area contributed by atoms with Crippen LogP contribution in [0.25, 0.3) is 21.8 Å². The fraction of sp³-hybridized carbons (Fsp3) is 0.310. The molecule has 4 aromatic heterocycles. The van der Waals surface area contributed by atoms with Crippen molar-refractivity contribution in [3.8, 4) is 34.5 Å². The number of carbonyl (C=O) groups is 2. The van der Waals surface area contributed by atoms with Gasteiger partial charge in [0.25, 0.3) is 11.8 Å². The van der Waals surface area contributed by atoms with Gasteiger partial charge in [-0.2, -0.15) is 0 Å². The summed E-state index contributed by atoms with van der Waals surface area (Å²) < 4.78 is 80.2. The Morgan fingerprint density at radius 2 is 0.975 bits per heavy atom. The van der Waals surface area contributed by atoms with Crippen LogP contribution >= 0.6 is 0 Å². The molecule has 0 aliphatic rings. The lowest BCUT2D eigenvalue weighted by Crippen LogP contribution is -2.19. The van der Waals surface area contributed by atoms with Crippen LogP contribution in [-0.4, -0.2) is 98.6 Å². The molecule has 424 valence electrons. The topological polar surface area (TPSA) is 247 Å². The highest BCUT2D eigenvalue weighted by Gasteiger charge is 2.27. The summed E-state index contributed by atoms with van der Waals surface area (Å²) in [5, 5.41) is 16.8. The second-order valence-corrected chi connectivity index (χ2v) is 25.0. The second kappa shape index (κ2) is 23.7. The lowest BCUT2D eigenvalue weighted by Gasteiger charge is -2.24. The molecular weight excluding hydrogens is 1060 g/mol. The minimum absolute atomic E-state index is 0.196. The number of hydrogen-bond acceptors (Lipinski definition) is 14. The number of benzene rings is 4. The van der Waals surface area contributed by atoms with E-state index in [2.05, 4.69) is 30.0 Å². The van der Waals surface area contributed by atoms with Gasteiger partial charge in [-0.15, -0.1) is 0 Å². The van der Waals surface area contributed by atoms with Crippen molar-refractivity contribution in [2.45, 2.75) is 65.5 Å². The van der Waals surface area contributed by atoms with E-state index in [9.17, 15) is 31.5 Å². The van der Waals surface area contributed by atoms with Crippen molar-refractivity contribution >= 4 is 76.4 Å². The van der Waals surface area contributed by atoms with Crippen molar-refractivity contribution in [3.63, 3.8) is 0 Å². The Kier molecular flexibility index (Phi) is 17.6. The first-order chi connectivity index (χ1) is 37.5. The number of para-hydroxylation sites is 2. The molecule has 80 heavy (non-hydrogen) atoms. The summed E-state index contributed by atoms with van der Waals surface area (Å²) in [5.74, 6) is 1.87. The van der Waals surface area contributed by atoms with E-state index >= 15 is 0 Å². The first-order valence-electron chi connectivity index (χ1n) is 25.2. The number of methoxy groups -OCH3 is 2. The lowest BCUT2D eigenvalue weighted by molar-refractivity contribution is 0.101. The number of carbonyl (C=O) groups excluding carboxylic acids is 2. The van der Waals surface area contributed by atoms with Crippen LogP contribution in [0.5, 0.6) is 34.5 Å². The Labute approximate surface area is 467 Å². The molecule has 0 saturated carbocycles. The molecule has 4 heterocycles. The molecule has 8 rings (SSSR count). The highest BCUT2D eigenvalue weighted by molar-refractivity contribution is 7.92. The predicted octanol–water partition coefficient (Wildman–Crippen LogP) is 10.1. The van der Waals surface area contributed by atoms with Gasteiger partial charge < -0.3 is 48.7 Å². The van der Waals surface area contributed by atoms with Crippen molar-refractivity contribution in [1.29, 1.82) is 0 Å². The molecule has 0 spiro atoms. The molecule has 0 saturated heterocycles. The van der Waals surface area contributed by atoms with Gasteiger partial charge in [0.2, 0.25) is 20.0 Å². The Balaban J connectivity index is 0.000000231. The standard InChI is InChI=1S/C30H37N5O5S.C28H32N4O6S/c1-30(2,3)20-15-23(28(39-7)24(16-20)33-41(8,37)38)32-29(36)25-14-19-10-9-11-26(27(19)35(25)6)40-22-12-13-31-21(17-22)18-34(4)5;1-28(2,3)18-13-21(26(37-5)22(14-18)31-39(6,35)36)30-27(34)23-12-17-8-7-9-24(25(17)32(23)4)38-20-10-11-29-19(15-20)16-33/h9-17,33H,18H2,1-8H3,(H,32,36);7-15,31,33H,16H2,1-6H3,(H,30,34). The fourth-order valence-corrected chi connectivity index (χ4v) is 9.92. The molecular formula is C58H69N9O11S2. The number of nitrogens with one attached hydrogen (secondary N) is 4. The van der Waals surface area contributed by atoms with Gasteiger partial charge in [-0.1, -0.05) is 65.8 Å². The number of aryl methyl sites for hydroxylation is 2. The molecule has 22 heteroatoms. The highest BCUT2D eigenvalue weighted by Crippen LogP contribution is 2.42. The smallest absolute Gasteiger partial charge is 0.272 e. The van der Waals surface area contributed by atoms with Gasteiger partial charge in [0.1, 0.15) is 22.9 Å². The molecule has 0 unspecified atom stereocenters. The maximum atomic E-state index is 13.7. The number of aliphatic hydroxyl groups is 1. The van der Waals surface area contributed by atoms with Crippen molar-refractivity contribution in [3.05, 3.63) is 143 Å². The van der Waals surface area contributed by atoms with Gasteiger partial charge in [-0.05, 0) is 96.7 Å². The summed E-state index contributed by atoms with van der Waals surface area (Å²) in [7, 11) is 3.15. The summed E-state index contributed by atoms with van der Waals surface area (Å²) in [5.41, 5.74) is 5.65. The van der Waals surface area contributed by atoms with E-state index in [0.717, 1.165) is 45.6 Å². The second-order valence-electron chi connectivity index (χ2n) is 21.5. The number of nitrogens with zero attached hydrogens (tertiary/aromatic N) is 5. The van der Waals surface area contributed by atoms with Gasteiger partial charge in [-0.25, -0.2) is 16.8 Å². The third-order valence-electron chi connectivity index (χ3n) is 12.6. The van der Waals surface area contributed by atoms with Gasteiger partial charge in [0.05, 0.1) is 78.5 Å². The minimum atomic E-state index is -3.61. The summed E-state index contributed by atoms with van der Waals surface area (Å²) in [4.78, 5) is 37.7. The monoisotopic (exact) mass is 1130 g/mol. The number of hydrogen-bond donors (Lipinski definition) is 5. The maximum absolute atomic E-state index is 13.7. The molecule has 2 amide bonds. The van der Waals surface area contributed by atoms with Crippen LogP contribution in [0.3, 0.4) is 0 Å². The number of rotatable bonds is 17. The van der Waals surface area contributed by atoms with Crippen LogP contribution in [0.2, 0.25) is 0 Å². The van der Waals surface area contributed by atoms with Crippen LogP contribution < -0.4 is 39.0 Å². The molecule has 8 aromatic rings. The first-order valence-corrected chi connectivity index (χ1v) is 29.0. The lowest BCUT2D eigenvalue weighted by atomic mass is 9.86. The summed E-state index contributed by atoms with van der Waals surface area (Å²) in [6.45, 7) is 12.4. The number of anilines is 4. The Morgan fingerprint density at radius 3 is 1.34 bits per heavy atom. The fourth-order valence-electron chi connectivity index (χ4n) is 8.82. The number of aromatic nitrogens is 4. The summed E-state index contributed by atoms with van der Waals surface area (Å²) in [6.07, 6.45) is 5.39. The summed E-state index contributed by atoms with van der Waals surface area (Å²) >= 11 is 0. The number of aliphatic hydroxyl groups excluding tert-OH is 1. The average Bonchev–Trinajstić information content (AvgIpc) is 3.89. The maximum Gasteiger partial charge on any atom is 0.272 e. The van der Waals surface area contributed by atoms with E-state index in [1.54, 1.807) is 96.3 Å². The van der Waals surface area contributed by atoms with E-state index in [4.69, 9.17) is 18.9 Å². The third kappa shape index (κ3) is 14.3. The van der Waals surface area contributed by atoms with Crippen molar-refractivity contribution in [2.24, 2.45) is 14.1 Å². The molecule has 0 bridgehead atoms. The molecule has 0 radical (unpaired) electrons. The molecule has 0 aliphatic carbocycles. The number of amides is 2. The highest BCUT2D eigenvalue weighted by atomic mass is 32.2. The van der Waals surface area contributed by atoms with Gasteiger partial charge >= 0.3 is 0 Å². The Hall–Kier alpha value is -8.18. The van der Waals surface area contributed by atoms with E-state index in [-0.39, 0.29) is 46.2 Å². The molecule has 20 nitrogen and oxygen atoms in total.